The SMILES string of the molecule is CC.NC(=O)N1CCN(C(=O)C2CCS(=O)(=O)CC2)C(c2ccccc2F)C1. The highest BCUT2D eigenvalue weighted by Gasteiger charge is 2.38. The second kappa shape index (κ2) is 9.36. The van der Waals surface area contributed by atoms with Crippen LogP contribution in [0.15, 0.2) is 24.3 Å². The molecule has 2 heterocycles. The molecule has 2 aliphatic heterocycles. The summed E-state index contributed by atoms with van der Waals surface area (Å²) in [5, 5.41) is 0. The fraction of sp³-hybridized carbons (Fsp3) is 0.579. The van der Waals surface area contributed by atoms with E-state index in [0.717, 1.165) is 0 Å². The number of halogens is 1. The zero-order chi connectivity index (χ0) is 20.9. The maximum absolute atomic E-state index is 14.3. The average Bonchev–Trinajstić information content (AvgIpc) is 2.69. The van der Waals surface area contributed by atoms with Crippen molar-refractivity contribution in [3.8, 4) is 0 Å². The molecule has 0 saturated carbocycles. The predicted molar refractivity (Wildman–Crippen MR) is 105 cm³/mol. The van der Waals surface area contributed by atoms with Crippen molar-refractivity contribution >= 4 is 21.8 Å². The van der Waals surface area contributed by atoms with Gasteiger partial charge < -0.3 is 15.5 Å². The third-order valence-corrected chi connectivity index (χ3v) is 6.86. The molecular weight excluding hydrogens is 385 g/mol. The number of hydrogen-bond donors (Lipinski definition) is 1. The molecule has 1 aromatic carbocycles. The second-order valence-electron chi connectivity index (χ2n) is 6.78. The summed E-state index contributed by atoms with van der Waals surface area (Å²) in [4.78, 5) is 27.5. The molecule has 0 bridgehead atoms. The Balaban J connectivity index is 0.00000136. The zero-order valence-electron chi connectivity index (χ0n) is 16.3. The molecule has 2 fully saturated rings. The van der Waals surface area contributed by atoms with Crippen molar-refractivity contribution in [3.63, 3.8) is 0 Å². The van der Waals surface area contributed by atoms with Crippen molar-refractivity contribution in [1.29, 1.82) is 0 Å². The molecule has 2 aliphatic rings. The Labute approximate surface area is 165 Å². The smallest absolute Gasteiger partial charge is 0.314 e. The lowest BCUT2D eigenvalue weighted by molar-refractivity contribution is -0.140. The highest BCUT2D eigenvalue weighted by atomic mass is 32.2. The highest BCUT2D eigenvalue weighted by molar-refractivity contribution is 7.91. The first-order valence-electron chi connectivity index (χ1n) is 9.58. The topological polar surface area (TPSA) is 101 Å². The average molecular weight is 414 g/mol. The van der Waals surface area contributed by atoms with Crippen LogP contribution in [0.2, 0.25) is 0 Å². The number of urea groups is 1. The number of hydrogen-bond acceptors (Lipinski definition) is 4. The van der Waals surface area contributed by atoms with Crippen molar-refractivity contribution in [1.82, 2.24) is 9.80 Å². The summed E-state index contributed by atoms with van der Waals surface area (Å²) in [6.45, 7) is 4.63. The van der Waals surface area contributed by atoms with E-state index < -0.39 is 33.6 Å². The van der Waals surface area contributed by atoms with Crippen LogP contribution in [-0.2, 0) is 14.6 Å². The normalized spacial score (nSPS) is 22.2. The number of primary amides is 1. The number of nitrogens with two attached hydrogens (primary N) is 1. The summed E-state index contributed by atoms with van der Waals surface area (Å²) >= 11 is 0. The van der Waals surface area contributed by atoms with Gasteiger partial charge >= 0.3 is 6.03 Å². The molecule has 2 N–H and O–H groups in total. The Morgan fingerprint density at radius 3 is 2.29 bits per heavy atom. The lowest BCUT2D eigenvalue weighted by Crippen LogP contribution is -2.55. The second-order valence-corrected chi connectivity index (χ2v) is 9.08. The van der Waals surface area contributed by atoms with Gasteiger partial charge in [0, 0.05) is 31.1 Å². The fourth-order valence-corrected chi connectivity index (χ4v) is 5.12. The van der Waals surface area contributed by atoms with Crippen molar-refractivity contribution < 1.29 is 22.4 Å². The number of amides is 3. The van der Waals surface area contributed by atoms with Crippen LogP contribution in [0.3, 0.4) is 0 Å². The molecule has 156 valence electrons. The summed E-state index contributed by atoms with van der Waals surface area (Å²) in [5.41, 5.74) is 5.69. The van der Waals surface area contributed by atoms with Gasteiger partial charge in [0.1, 0.15) is 15.7 Å². The third-order valence-electron chi connectivity index (χ3n) is 5.14. The number of rotatable bonds is 2. The van der Waals surface area contributed by atoms with Crippen LogP contribution in [0, 0.1) is 11.7 Å². The van der Waals surface area contributed by atoms with E-state index in [1.807, 2.05) is 13.8 Å². The number of sulfone groups is 1. The number of benzene rings is 1. The largest absolute Gasteiger partial charge is 0.351 e. The molecule has 0 radical (unpaired) electrons. The van der Waals surface area contributed by atoms with Gasteiger partial charge in [0.25, 0.3) is 0 Å². The molecule has 28 heavy (non-hydrogen) atoms. The lowest BCUT2D eigenvalue weighted by atomic mass is 9.96. The first-order valence-corrected chi connectivity index (χ1v) is 11.4. The van der Waals surface area contributed by atoms with Crippen molar-refractivity contribution in [3.05, 3.63) is 35.6 Å². The summed E-state index contributed by atoms with van der Waals surface area (Å²) in [6.07, 6.45) is 0.558. The van der Waals surface area contributed by atoms with Gasteiger partial charge in [-0.05, 0) is 18.9 Å². The van der Waals surface area contributed by atoms with Gasteiger partial charge in [-0.15, -0.1) is 0 Å². The molecule has 2 saturated heterocycles. The van der Waals surface area contributed by atoms with Crippen LogP contribution in [-0.4, -0.2) is 61.3 Å². The maximum atomic E-state index is 14.3. The standard InChI is InChI=1S/C17H22FN3O4S.C2H6/c18-14-4-2-1-3-13(14)15-11-20(17(19)23)7-8-21(15)16(22)12-5-9-26(24,25)10-6-12;1-2/h1-4,12,15H,5-11H2,(H2,19,23);1-2H3. The van der Waals surface area contributed by atoms with Crippen LogP contribution in [0.1, 0.15) is 38.3 Å². The minimum atomic E-state index is -3.07. The van der Waals surface area contributed by atoms with Crippen LogP contribution in [0.25, 0.3) is 0 Å². The first-order chi connectivity index (χ1) is 13.3. The van der Waals surface area contributed by atoms with Gasteiger partial charge in [0.2, 0.25) is 5.91 Å². The van der Waals surface area contributed by atoms with E-state index in [9.17, 15) is 22.4 Å². The van der Waals surface area contributed by atoms with E-state index in [-0.39, 0.29) is 49.9 Å². The summed E-state index contributed by atoms with van der Waals surface area (Å²) in [6, 6.07) is 4.90. The molecule has 0 aliphatic carbocycles. The maximum Gasteiger partial charge on any atom is 0.314 e. The Morgan fingerprint density at radius 2 is 1.71 bits per heavy atom. The molecule has 0 aromatic heterocycles. The summed E-state index contributed by atoms with van der Waals surface area (Å²) in [7, 11) is -3.07. The van der Waals surface area contributed by atoms with Gasteiger partial charge in [0.15, 0.2) is 0 Å². The van der Waals surface area contributed by atoms with Crippen molar-refractivity contribution in [2.45, 2.75) is 32.7 Å². The monoisotopic (exact) mass is 413 g/mol. The van der Waals surface area contributed by atoms with Gasteiger partial charge in [-0.3, -0.25) is 4.79 Å². The molecule has 1 aromatic rings. The van der Waals surface area contributed by atoms with Crippen LogP contribution in [0.5, 0.6) is 0 Å². The van der Waals surface area contributed by atoms with Gasteiger partial charge in [-0.2, -0.15) is 0 Å². The van der Waals surface area contributed by atoms with Gasteiger partial charge in [-0.25, -0.2) is 17.6 Å². The van der Waals surface area contributed by atoms with E-state index in [1.54, 1.807) is 23.1 Å². The molecule has 3 rings (SSSR count). The Bertz CT molecular complexity index is 801. The molecule has 1 unspecified atom stereocenters. The van der Waals surface area contributed by atoms with Crippen LogP contribution < -0.4 is 5.73 Å². The van der Waals surface area contributed by atoms with E-state index in [2.05, 4.69) is 0 Å². The molecule has 9 heteroatoms. The summed E-state index contributed by atoms with van der Waals surface area (Å²) in [5.74, 6) is -1.04. The molecular formula is C19H28FN3O4S. The Hall–Kier alpha value is -2.16. The summed E-state index contributed by atoms with van der Waals surface area (Å²) < 4.78 is 37.6. The van der Waals surface area contributed by atoms with E-state index in [4.69, 9.17) is 5.73 Å². The lowest BCUT2D eigenvalue weighted by Gasteiger charge is -2.42. The minimum absolute atomic E-state index is 0.00494. The van der Waals surface area contributed by atoms with Gasteiger partial charge in [-0.1, -0.05) is 32.0 Å². The number of nitrogens with zero attached hydrogens (tertiary/aromatic N) is 2. The van der Waals surface area contributed by atoms with E-state index in [0.29, 0.717) is 5.56 Å². The molecule has 3 amide bonds. The Morgan fingerprint density at radius 1 is 1.11 bits per heavy atom. The van der Waals surface area contributed by atoms with Gasteiger partial charge in [0.05, 0.1) is 17.5 Å². The van der Waals surface area contributed by atoms with Crippen molar-refractivity contribution in [2.75, 3.05) is 31.1 Å². The minimum Gasteiger partial charge on any atom is -0.351 e. The number of piperazine rings is 1. The number of carbonyl (C=O) groups excluding carboxylic acids is 2. The first kappa shape index (κ1) is 22.1. The molecule has 7 nitrogen and oxygen atoms in total. The third kappa shape index (κ3) is 5.01. The van der Waals surface area contributed by atoms with Crippen molar-refractivity contribution in [2.24, 2.45) is 11.7 Å². The molecule has 1 atom stereocenters. The number of carbonyl (C=O) groups is 2. The fourth-order valence-electron chi connectivity index (χ4n) is 3.63. The van der Waals surface area contributed by atoms with Crippen LogP contribution >= 0.6 is 0 Å². The zero-order valence-corrected chi connectivity index (χ0v) is 17.1. The quantitative estimate of drug-likeness (QED) is 0.801. The predicted octanol–water partition coefficient (Wildman–Crippen LogP) is 1.94. The van der Waals surface area contributed by atoms with E-state index >= 15 is 0 Å². The van der Waals surface area contributed by atoms with Crippen LogP contribution in [0.4, 0.5) is 9.18 Å². The highest BCUT2D eigenvalue weighted by Crippen LogP contribution is 2.31. The Kier molecular flexibility index (Phi) is 7.40. The molecule has 0 spiro atoms. The van der Waals surface area contributed by atoms with E-state index in [1.165, 1.54) is 11.0 Å².